The molecule has 0 saturated heterocycles. The number of carbonyl (C=O) groups excluding carboxylic acids is 1. The zero-order valence-corrected chi connectivity index (χ0v) is 16.5. The van der Waals surface area contributed by atoms with Gasteiger partial charge in [0, 0.05) is 12.2 Å². The van der Waals surface area contributed by atoms with E-state index in [2.05, 4.69) is 37.5 Å². The van der Waals surface area contributed by atoms with E-state index >= 15 is 0 Å². The highest BCUT2D eigenvalue weighted by atomic mass is 16.5. The lowest BCUT2D eigenvalue weighted by Gasteiger charge is -2.24. The third-order valence-electron chi connectivity index (χ3n) is 4.27. The Morgan fingerprint density at radius 3 is 2.50 bits per heavy atom. The maximum Gasteiger partial charge on any atom is 0.319 e. The molecule has 26 heavy (non-hydrogen) atoms. The van der Waals surface area contributed by atoms with Crippen LogP contribution in [0.3, 0.4) is 0 Å². The molecule has 0 spiro atoms. The lowest BCUT2D eigenvalue weighted by molar-refractivity contribution is 0.252. The van der Waals surface area contributed by atoms with Crippen LogP contribution in [-0.4, -0.2) is 19.2 Å². The van der Waals surface area contributed by atoms with Crippen molar-refractivity contribution in [3.8, 4) is 5.75 Å². The lowest BCUT2D eigenvalue weighted by Crippen LogP contribution is -2.32. The molecule has 0 aliphatic heterocycles. The molecule has 0 saturated carbocycles. The molecule has 0 heterocycles. The highest BCUT2D eigenvalue weighted by Crippen LogP contribution is 2.31. The number of nitrogens with one attached hydrogen (secondary N) is 2. The second-order valence-electron chi connectivity index (χ2n) is 7.42. The monoisotopic (exact) mass is 354 g/mol. The number of amides is 2. The summed E-state index contributed by atoms with van der Waals surface area (Å²) in [5.41, 5.74) is 4.15. The van der Waals surface area contributed by atoms with Gasteiger partial charge in [-0.05, 0) is 48.4 Å². The number of hydrogen-bond acceptors (Lipinski definition) is 2. The van der Waals surface area contributed by atoms with E-state index in [0.717, 1.165) is 34.5 Å². The number of benzene rings is 2. The Hall–Kier alpha value is -2.49. The first kappa shape index (κ1) is 19.8. The van der Waals surface area contributed by atoms with E-state index in [-0.39, 0.29) is 11.4 Å². The van der Waals surface area contributed by atoms with Crippen LogP contribution in [0.25, 0.3) is 0 Å². The molecule has 0 bridgehead atoms. The summed E-state index contributed by atoms with van der Waals surface area (Å²) in [4.78, 5) is 12.4. The number of rotatable bonds is 6. The molecule has 4 heteroatoms. The summed E-state index contributed by atoms with van der Waals surface area (Å²) in [5, 5.41) is 5.98. The molecule has 0 aliphatic carbocycles. The average molecular weight is 354 g/mol. The Morgan fingerprint density at radius 1 is 1.08 bits per heavy atom. The van der Waals surface area contributed by atoms with Crippen molar-refractivity contribution in [2.24, 2.45) is 0 Å². The van der Waals surface area contributed by atoms with E-state index in [4.69, 9.17) is 4.74 Å². The minimum Gasteiger partial charge on any atom is -0.494 e. The van der Waals surface area contributed by atoms with Gasteiger partial charge in [-0.25, -0.2) is 4.79 Å². The first-order valence-corrected chi connectivity index (χ1v) is 9.18. The maximum atomic E-state index is 12.4. The van der Waals surface area contributed by atoms with Crippen LogP contribution in [0.4, 0.5) is 10.5 Å². The number of urea groups is 1. The molecule has 2 N–H and O–H groups in total. The summed E-state index contributed by atoms with van der Waals surface area (Å²) < 4.78 is 5.63. The predicted molar refractivity (Wildman–Crippen MR) is 108 cm³/mol. The van der Waals surface area contributed by atoms with Gasteiger partial charge in [0.15, 0.2) is 0 Å². The average Bonchev–Trinajstić information content (AvgIpc) is 2.57. The number of aryl methyl sites for hydroxylation is 1. The standard InChI is InChI=1S/C22H30N2O2/c1-6-26-19-13-8-7-11-17(19)14-15-23-21(25)24-20-16(2)10-9-12-18(20)22(3,4)5/h7-13H,6,14-15H2,1-5H3,(H2,23,24,25). The van der Waals surface area contributed by atoms with Crippen LogP contribution in [0.2, 0.25) is 0 Å². The Morgan fingerprint density at radius 2 is 1.81 bits per heavy atom. The normalized spacial score (nSPS) is 11.1. The van der Waals surface area contributed by atoms with Gasteiger partial charge >= 0.3 is 6.03 Å². The molecular weight excluding hydrogens is 324 g/mol. The third-order valence-corrected chi connectivity index (χ3v) is 4.27. The van der Waals surface area contributed by atoms with Crippen molar-refractivity contribution in [3.63, 3.8) is 0 Å². The molecule has 4 nitrogen and oxygen atoms in total. The van der Waals surface area contributed by atoms with Crippen molar-refractivity contribution in [1.82, 2.24) is 5.32 Å². The predicted octanol–water partition coefficient (Wildman–Crippen LogP) is 5.06. The van der Waals surface area contributed by atoms with Crippen LogP contribution in [0.5, 0.6) is 5.75 Å². The first-order chi connectivity index (χ1) is 12.3. The van der Waals surface area contributed by atoms with Crippen LogP contribution in [-0.2, 0) is 11.8 Å². The molecule has 0 radical (unpaired) electrons. The van der Waals surface area contributed by atoms with Crippen LogP contribution < -0.4 is 15.4 Å². The van der Waals surface area contributed by atoms with Gasteiger partial charge < -0.3 is 15.4 Å². The van der Waals surface area contributed by atoms with Crippen LogP contribution in [0.15, 0.2) is 42.5 Å². The number of para-hydroxylation sites is 2. The van der Waals surface area contributed by atoms with Crippen LogP contribution in [0.1, 0.15) is 44.4 Å². The fourth-order valence-corrected chi connectivity index (χ4v) is 2.93. The summed E-state index contributed by atoms with van der Waals surface area (Å²) in [5.74, 6) is 0.881. The van der Waals surface area contributed by atoms with Crippen molar-refractivity contribution in [2.75, 3.05) is 18.5 Å². The molecule has 0 aromatic heterocycles. The molecule has 140 valence electrons. The van der Waals surface area contributed by atoms with Gasteiger partial charge in [-0.1, -0.05) is 57.2 Å². The molecule has 0 aliphatic rings. The van der Waals surface area contributed by atoms with Crippen molar-refractivity contribution in [3.05, 3.63) is 59.2 Å². The summed E-state index contributed by atoms with van der Waals surface area (Å²) in [6.07, 6.45) is 0.726. The van der Waals surface area contributed by atoms with E-state index in [1.807, 2.05) is 50.2 Å². The summed E-state index contributed by atoms with van der Waals surface area (Å²) in [7, 11) is 0. The van der Waals surface area contributed by atoms with Gasteiger partial charge in [0.05, 0.1) is 6.61 Å². The highest BCUT2D eigenvalue weighted by molar-refractivity contribution is 5.91. The third kappa shape index (κ3) is 5.25. The molecule has 2 rings (SSSR count). The van der Waals surface area contributed by atoms with Gasteiger partial charge in [0.25, 0.3) is 0 Å². The van der Waals surface area contributed by atoms with Crippen molar-refractivity contribution in [1.29, 1.82) is 0 Å². The molecule has 0 unspecified atom stereocenters. The zero-order valence-electron chi connectivity index (χ0n) is 16.5. The second kappa shape index (κ2) is 8.75. The van der Waals surface area contributed by atoms with Crippen molar-refractivity contribution in [2.45, 2.75) is 46.5 Å². The Balaban J connectivity index is 1.99. The SMILES string of the molecule is CCOc1ccccc1CCNC(=O)Nc1c(C)cccc1C(C)(C)C. The minimum absolute atomic E-state index is 0.0366. The van der Waals surface area contributed by atoms with E-state index in [0.29, 0.717) is 13.2 Å². The summed E-state index contributed by atoms with van der Waals surface area (Å²) in [6, 6.07) is 13.9. The quantitative estimate of drug-likeness (QED) is 0.762. The largest absolute Gasteiger partial charge is 0.494 e. The Bertz CT molecular complexity index is 748. The fraction of sp³-hybridized carbons (Fsp3) is 0.409. The molecular formula is C22H30N2O2. The number of anilines is 1. The molecule has 2 aromatic rings. The number of ether oxygens (including phenoxy) is 1. The lowest BCUT2D eigenvalue weighted by atomic mass is 9.84. The fourth-order valence-electron chi connectivity index (χ4n) is 2.93. The van der Waals surface area contributed by atoms with E-state index < -0.39 is 0 Å². The topological polar surface area (TPSA) is 50.4 Å². The van der Waals surface area contributed by atoms with Gasteiger partial charge in [-0.2, -0.15) is 0 Å². The van der Waals surface area contributed by atoms with Crippen molar-refractivity contribution >= 4 is 11.7 Å². The van der Waals surface area contributed by atoms with Crippen molar-refractivity contribution < 1.29 is 9.53 Å². The molecule has 0 fully saturated rings. The van der Waals surface area contributed by atoms with E-state index in [9.17, 15) is 4.79 Å². The van der Waals surface area contributed by atoms with E-state index in [1.165, 1.54) is 0 Å². The first-order valence-electron chi connectivity index (χ1n) is 9.18. The summed E-state index contributed by atoms with van der Waals surface area (Å²) in [6.45, 7) is 11.6. The Kier molecular flexibility index (Phi) is 6.67. The number of hydrogen-bond donors (Lipinski definition) is 2. The minimum atomic E-state index is -0.182. The van der Waals surface area contributed by atoms with Crippen LogP contribution >= 0.6 is 0 Å². The number of carbonyl (C=O) groups is 1. The highest BCUT2D eigenvalue weighted by Gasteiger charge is 2.20. The Labute approximate surface area is 157 Å². The van der Waals surface area contributed by atoms with Crippen LogP contribution in [0, 0.1) is 6.92 Å². The smallest absolute Gasteiger partial charge is 0.319 e. The summed E-state index contributed by atoms with van der Waals surface area (Å²) >= 11 is 0. The van der Waals surface area contributed by atoms with Gasteiger partial charge in [-0.3, -0.25) is 0 Å². The van der Waals surface area contributed by atoms with Gasteiger partial charge in [0.2, 0.25) is 0 Å². The molecule has 0 atom stereocenters. The molecule has 2 amide bonds. The van der Waals surface area contributed by atoms with E-state index in [1.54, 1.807) is 0 Å². The second-order valence-corrected chi connectivity index (χ2v) is 7.42. The van der Waals surface area contributed by atoms with Gasteiger partial charge in [-0.15, -0.1) is 0 Å². The molecule has 2 aromatic carbocycles. The maximum absolute atomic E-state index is 12.4. The zero-order chi connectivity index (χ0) is 19.2. The van der Waals surface area contributed by atoms with Gasteiger partial charge in [0.1, 0.15) is 5.75 Å².